The Bertz CT molecular complexity index is 422. The summed E-state index contributed by atoms with van der Waals surface area (Å²) in [6.07, 6.45) is 0. The molecule has 0 heterocycles. The zero-order chi connectivity index (χ0) is 11.2. The Morgan fingerprint density at radius 2 is 1.31 bits per heavy atom. The Morgan fingerprint density at radius 1 is 0.750 bits per heavy atom. The third-order valence-electron chi connectivity index (χ3n) is 2.36. The van der Waals surface area contributed by atoms with Crippen molar-refractivity contribution in [3.63, 3.8) is 0 Å². The number of thioether (sulfide) groups is 1. The summed E-state index contributed by atoms with van der Waals surface area (Å²) in [5.74, 6) is 2.10. The fourth-order valence-electron chi connectivity index (χ4n) is 1.47. The van der Waals surface area contributed by atoms with Crippen LogP contribution >= 0.6 is 11.8 Å². The molecule has 0 aliphatic rings. The van der Waals surface area contributed by atoms with Crippen molar-refractivity contribution in [2.24, 2.45) is 0 Å². The minimum absolute atomic E-state index is 0.830. The molecule has 0 fully saturated rings. The topological polar surface area (TPSA) is 26.0 Å². The standard InChI is InChI=1S/C14H15NS/c15-14-8-6-13(7-9-14)11-16-10-12-4-2-1-3-5-12/h1-9H,10-11,15H2. The van der Waals surface area contributed by atoms with Gasteiger partial charge < -0.3 is 5.73 Å². The molecule has 0 spiro atoms. The van der Waals surface area contributed by atoms with Gasteiger partial charge in [-0.2, -0.15) is 11.8 Å². The summed E-state index contributed by atoms with van der Waals surface area (Å²) < 4.78 is 0. The fourth-order valence-corrected chi connectivity index (χ4v) is 2.43. The van der Waals surface area contributed by atoms with Crippen LogP contribution in [0, 0.1) is 0 Å². The van der Waals surface area contributed by atoms with Gasteiger partial charge >= 0.3 is 0 Å². The van der Waals surface area contributed by atoms with Crippen LogP contribution in [0.5, 0.6) is 0 Å². The van der Waals surface area contributed by atoms with Gasteiger partial charge in [-0.1, -0.05) is 42.5 Å². The van der Waals surface area contributed by atoms with Crippen LogP contribution in [0.1, 0.15) is 11.1 Å². The van der Waals surface area contributed by atoms with Gasteiger partial charge in [0.25, 0.3) is 0 Å². The van der Waals surface area contributed by atoms with Crippen molar-refractivity contribution in [3.05, 3.63) is 65.7 Å². The molecule has 0 atom stereocenters. The molecule has 1 nitrogen and oxygen atoms in total. The Hall–Kier alpha value is -1.41. The van der Waals surface area contributed by atoms with E-state index < -0.39 is 0 Å². The van der Waals surface area contributed by atoms with E-state index >= 15 is 0 Å². The lowest BCUT2D eigenvalue weighted by Crippen LogP contribution is -1.86. The van der Waals surface area contributed by atoms with Crippen LogP contribution in [0.3, 0.4) is 0 Å². The highest BCUT2D eigenvalue weighted by molar-refractivity contribution is 7.97. The molecule has 0 saturated heterocycles. The van der Waals surface area contributed by atoms with Crippen molar-refractivity contribution < 1.29 is 0 Å². The molecular weight excluding hydrogens is 214 g/mol. The van der Waals surface area contributed by atoms with E-state index in [-0.39, 0.29) is 0 Å². The van der Waals surface area contributed by atoms with E-state index in [9.17, 15) is 0 Å². The molecule has 2 aromatic carbocycles. The summed E-state index contributed by atoms with van der Waals surface area (Å²) in [7, 11) is 0. The lowest BCUT2D eigenvalue weighted by molar-refractivity contribution is 1.36. The first-order valence-electron chi connectivity index (χ1n) is 5.31. The molecule has 2 heteroatoms. The van der Waals surface area contributed by atoms with E-state index in [1.165, 1.54) is 11.1 Å². The second kappa shape index (κ2) is 5.61. The molecular formula is C14H15NS. The lowest BCUT2D eigenvalue weighted by atomic mass is 10.2. The summed E-state index contributed by atoms with van der Waals surface area (Å²) in [6.45, 7) is 0. The predicted octanol–water partition coefficient (Wildman–Crippen LogP) is 3.70. The third kappa shape index (κ3) is 3.31. The van der Waals surface area contributed by atoms with Crippen LogP contribution in [0.4, 0.5) is 5.69 Å². The first-order valence-corrected chi connectivity index (χ1v) is 6.46. The molecule has 2 N–H and O–H groups in total. The predicted molar refractivity (Wildman–Crippen MR) is 72.3 cm³/mol. The molecule has 0 aliphatic carbocycles. The molecule has 0 aromatic heterocycles. The van der Waals surface area contributed by atoms with Gasteiger partial charge in [-0.3, -0.25) is 0 Å². The minimum atomic E-state index is 0.830. The largest absolute Gasteiger partial charge is 0.399 e. The van der Waals surface area contributed by atoms with Gasteiger partial charge in [-0.25, -0.2) is 0 Å². The van der Waals surface area contributed by atoms with Crippen molar-refractivity contribution in [1.29, 1.82) is 0 Å². The SMILES string of the molecule is Nc1ccc(CSCc2ccccc2)cc1. The van der Waals surface area contributed by atoms with E-state index in [1.54, 1.807) is 0 Å². The van der Waals surface area contributed by atoms with Crippen molar-refractivity contribution in [1.82, 2.24) is 0 Å². The van der Waals surface area contributed by atoms with Crippen molar-refractivity contribution >= 4 is 17.4 Å². The molecule has 0 unspecified atom stereocenters. The second-order valence-electron chi connectivity index (χ2n) is 3.72. The fraction of sp³-hybridized carbons (Fsp3) is 0.143. The van der Waals surface area contributed by atoms with Crippen molar-refractivity contribution in [3.8, 4) is 0 Å². The van der Waals surface area contributed by atoms with Crippen LogP contribution in [-0.2, 0) is 11.5 Å². The normalized spacial score (nSPS) is 10.2. The smallest absolute Gasteiger partial charge is 0.0314 e. The van der Waals surface area contributed by atoms with E-state index in [0.29, 0.717) is 0 Å². The van der Waals surface area contributed by atoms with Gasteiger partial charge in [0.15, 0.2) is 0 Å². The highest BCUT2D eigenvalue weighted by atomic mass is 32.2. The number of hydrogen-bond donors (Lipinski definition) is 1. The van der Waals surface area contributed by atoms with Crippen LogP contribution in [0.25, 0.3) is 0 Å². The first-order chi connectivity index (χ1) is 7.84. The summed E-state index contributed by atoms with van der Waals surface area (Å²) in [6, 6.07) is 18.6. The van der Waals surface area contributed by atoms with Crippen LogP contribution < -0.4 is 5.73 Å². The molecule has 2 aromatic rings. The summed E-state index contributed by atoms with van der Waals surface area (Å²) in [5, 5.41) is 0. The number of benzene rings is 2. The van der Waals surface area contributed by atoms with E-state index in [2.05, 4.69) is 36.4 Å². The highest BCUT2D eigenvalue weighted by Crippen LogP contribution is 2.18. The summed E-state index contributed by atoms with van der Waals surface area (Å²) in [5.41, 5.74) is 9.18. The van der Waals surface area contributed by atoms with E-state index in [0.717, 1.165) is 17.2 Å². The number of nitrogen functional groups attached to an aromatic ring is 1. The van der Waals surface area contributed by atoms with Crippen LogP contribution in [0.2, 0.25) is 0 Å². The lowest BCUT2D eigenvalue weighted by Gasteiger charge is -2.02. The number of anilines is 1. The summed E-state index contributed by atoms with van der Waals surface area (Å²) in [4.78, 5) is 0. The molecule has 2 rings (SSSR count). The monoisotopic (exact) mass is 229 g/mol. The van der Waals surface area contributed by atoms with E-state index in [1.807, 2.05) is 30.0 Å². The van der Waals surface area contributed by atoms with Gasteiger partial charge in [0.2, 0.25) is 0 Å². The highest BCUT2D eigenvalue weighted by Gasteiger charge is 1.95. The van der Waals surface area contributed by atoms with Gasteiger partial charge in [-0.15, -0.1) is 0 Å². The number of hydrogen-bond acceptors (Lipinski definition) is 2. The Labute approximate surface area is 101 Å². The van der Waals surface area contributed by atoms with Crippen molar-refractivity contribution in [2.75, 3.05) is 5.73 Å². The zero-order valence-corrected chi connectivity index (χ0v) is 9.91. The van der Waals surface area contributed by atoms with Crippen molar-refractivity contribution in [2.45, 2.75) is 11.5 Å². The van der Waals surface area contributed by atoms with Gasteiger partial charge in [0, 0.05) is 17.2 Å². The van der Waals surface area contributed by atoms with E-state index in [4.69, 9.17) is 5.73 Å². The van der Waals surface area contributed by atoms with Gasteiger partial charge in [-0.05, 0) is 23.3 Å². The Balaban J connectivity index is 1.82. The maximum absolute atomic E-state index is 5.64. The number of rotatable bonds is 4. The molecule has 0 radical (unpaired) electrons. The van der Waals surface area contributed by atoms with Gasteiger partial charge in [0.05, 0.1) is 0 Å². The minimum Gasteiger partial charge on any atom is -0.399 e. The van der Waals surface area contributed by atoms with Gasteiger partial charge in [0.1, 0.15) is 0 Å². The quantitative estimate of drug-likeness (QED) is 0.809. The molecule has 0 saturated carbocycles. The molecule has 0 bridgehead atoms. The molecule has 16 heavy (non-hydrogen) atoms. The molecule has 82 valence electrons. The Kier molecular flexibility index (Phi) is 3.89. The van der Waals surface area contributed by atoms with Crippen LogP contribution in [-0.4, -0.2) is 0 Å². The average Bonchev–Trinajstić information content (AvgIpc) is 2.33. The second-order valence-corrected chi connectivity index (χ2v) is 4.71. The van der Waals surface area contributed by atoms with Crippen LogP contribution in [0.15, 0.2) is 54.6 Å². The maximum atomic E-state index is 5.64. The number of nitrogens with two attached hydrogens (primary N) is 1. The molecule has 0 aliphatic heterocycles. The summed E-state index contributed by atoms with van der Waals surface area (Å²) >= 11 is 1.92. The third-order valence-corrected chi connectivity index (χ3v) is 3.43. The molecule has 0 amide bonds. The average molecular weight is 229 g/mol. The Morgan fingerprint density at radius 3 is 1.94 bits per heavy atom. The first kappa shape index (κ1) is 11.1. The zero-order valence-electron chi connectivity index (χ0n) is 9.10. The maximum Gasteiger partial charge on any atom is 0.0314 e.